The zero-order valence-corrected chi connectivity index (χ0v) is 18.7. The van der Waals surface area contributed by atoms with Crippen molar-refractivity contribution in [2.45, 2.75) is 13.5 Å². The molecule has 3 aromatic rings. The van der Waals surface area contributed by atoms with E-state index in [1.807, 2.05) is 13.0 Å². The fraction of sp³-hybridized carbons (Fsp3) is 0.120. The second kappa shape index (κ2) is 10.7. The first-order valence-electron chi connectivity index (χ1n) is 9.70. The van der Waals surface area contributed by atoms with Gasteiger partial charge in [-0.15, -0.1) is 0 Å². The van der Waals surface area contributed by atoms with E-state index in [4.69, 9.17) is 37.8 Å². The molecule has 0 aliphatic heterocycles. The summed E-state index contributed by atoms with van der Waals surface area (Å²) in [5, 5.41) is 19.5. The second-order valence-corrected chi connectivity index (χ2v) is 7.57. The van der Waals surface area contributed by atoms with Gasteiger partial charge in [-0.1, -0.05) is 47.5 Å². The number of carboxylic acids is 1. The Hall–Kier alpha value is -3.46. The Kier molecular flexibility index (Phi) is 7.77. The lowest BCUT2D eigenvalue weighted by molar-refractivity contribution is 0.0697. The Labute approximate surface area is 196 Å². The number of allylic oxidation sites excluding steroid dienone is 1. The van der Waals surface area contributed by atoms with Crippen LogP contribution in [0.5, 0.6) is 11.5 Å². The molecule has 0 atom stereocenters. The molecule has 0 aliphatic rings. The van der Waals surface area contributed by atoms with Crippen molar-refractivity contribution in [3.05, 3.63) is 93.0 Å². The van der Waals surface area contributed by atoms with Crippen molar-refractivity contribution < 1.29 is 19.4 Å². The van der Waals surface area contributed by atoms with E-state index in [0.717, 1.165) is 11.1 Å². The van der Waals surface area contributed by atoms with Crippen LogP contribution in [0, 0.1) is 11.3 Å². The van der Waals surface area contributed by atoms with Crippen LogP contribution in [0.15, 0.2) is 60.7 Å². The third kappa shape index (κ3) is 5.82. The highest BCUT2D eigenvalue weighted by atomic mass is 35.5. The van der Waals surface area contributed by atoms with Crippen molar-refractivity contribution in [2.24, 2.45) is 0 Å². The van der Waals surface area contributed by atoms with Gasteiger partial charge in [0.05, 0.1) is 28.8 Å². The van der Waals surface area contributed by atoms with E-state index < -0.39 is 5.97 Å². The lowest BCUT2D eigenvalue weighted by Crippen LogP contribution is -2.01. The van der Waals surface area contributed by atoms with Crippen molar-refractivity contribution in [3.8, 4) is 17.6 Å². The molecule has 7 heteroatoms. The molecule has 0 aromatic heterocycles. The van der Waals surface area contributed by atoms with Gasteiger partial charge in [0.25, 0.3) is 0 Å². The van der Waals surface area contributed by atoms with E-state index in [1.165, 1.54) is 12.1 Å². The summed E-state index contributed by atoms with van der Waals surface area (Å²) < 4.78 is 11.6. The maximum atomic E-state index is 11.0. The fourth-order valence-electron chi connectivity index (χ4n) is 2.95. The lowest BCUT2D eigenvalue weighted by Gasteiger charge is -2.13. The number of carboxylic acid groups (broad SMARTS) is 1. The molecule has 3 aromatic carbocycles. The number of hydrogen-bond acceptors (Lipinski definition) is 4. The van der Waals surface area contributed by atoms with Gasteiger partial charge in [0.1, 0.15) is 6.61 Å². The van der Waals surface area contributed by atoms with Gasteiger partial charge in [0.2, 0.25) is 0 Å². The molecule has 162 valence electrons. The molecule has 0 bridgehead atoms. The van der Waals surface area contributed by atoms with Crippen LogP contribution in [0.25, 0.3) is 11.6 Å². The number of ether oxygens (including phenoxy) is 2. The van der Waals surface area contributed by atoms with E-state index in [0.29, 0.717) is 39.3 Å². The number of nitrogens with zero attached hydrogens (tertiary/aromatic N) is 1. The molecule has 0 saturated carbocycles. The lowest BCUT2D eigenvalue weighted by atomic mass is 10.0. The number of halogens is 2. The summed E-state index contributed by atoms with van der Waals surface area (Å²) in [6, 6.07) is 19.0. The first-order chi connectivity index (χ1) is 15.4. The predicted octanol–water partition coefficient (Wildman–Crippen LogP) is 6.73. The quantitative estimate of drug-likeness (QED) is 0.293. The van der Waals surface area contributed by atoms with E-state index in [2.05, 4.69) is 6.07 Å². The Morgan fingerprint density at radius 1 is 1.03 bits per heavy atom. The molecular formula is C25H19Cl2NO4. The topological polar surface area (TPSA) is 79.5 Å². The second-order valence-electron chi connectivity index (χ2n) is 6.72. The number of aromatic carboxylic acids is 1. The number of rotatable bonds is 8. The van der Waals surface area contributed by atoms with Gasteiger partial charge in [-0.2, -0.15) is 5.26 Å². The Morgan fingerprint density at radius 2 is 1.78 bits per heavy atom. The Morgan fingerprint density at radius 3 is 2.41 bits per heavy atom. The molecule has 0 radical (unpaired) electrons. The van der Waals surface area contributed by atoms with E-state index in [9.17, 15) is 10.1 Å². The van der Waals surface area contributed by atoms with Gasteiger partial charge in [0.15, 0.2) is 11.5 Å². The minimum atomic E-state index is -0.976. The highest BCUT2D eigenvalue weighted by Gasteiger charge is 2.10. The summed E-state index contributed by atoms with van der Waals surface area (Å²) in [6.07, 6.45) is 1.71. The number of nitriles is 1. The maximum absolute atomic E-state index is 11.0. The van der Waals surface area contributed by atoms with Crippen LogP contribution in [0.4, 0.5) is 0 Å². The average molecular weight is 468 g/mol. The van der Waals surface area contributed by atoms with E-state index in [-0.39, 0.29) is 12.2 Å². The van der Waals surface area contributed by atoms with Crippen molar-refractivity contribution >= 4 is 40.8 Å². The molecule has 0 aliphatic carbocycles. The SMILES string of the molecule is CCOc1cc(/C=C(\C#N)c2ccc(Cl)cc2Cl)ccc1OCc1ccc(C(=O)O)cc1. The van der Waals surface area contributed by atoms with Gasteiger partial charge in [0, 0.05) is 10.6 Å². The summed E-state index contributed by atoms with van der Waals surface area (Å²) >= 11 is 12.2. The summed E-state index contributed by atoms with van der Waals surface area (Å²) in [5.41, 5.74) is 2.76. The standard InChI is InChI=1S/C25H19Cl2NO4/c1-2-31-24-12-17(11-19(14-28)21-9-8-20(26)13-22(21)27)5-10-23(24)32-15-16-3-6-18(7-4-16)25(29)30/h3-13H,2,15H2,1H3,(H,29,30)/b19-11+. The largest absolute Gasteiger partial charge is 0.490 e. The number of benzene rings is 3. The normalized spacial score (nSPS) is 11.0. The molecule has 0 heterocycles. The average Bonchev–Trinajstić information content (AvgIpc) is 2.78. The molecule has 0 amide bonds. The highest BCUT2D eigenvalue weighted by molar-refractivity contribution is 6.36. The molecule has 0 unspecified atom stereocenters. The van der Waals surface area contributed by atoms with Crippen LogP contribution < -0.4 is 9.47 Å². The monoisotopic (exact) mass is 467 g/mol. The van der Waals surface area contributed by atoms with Gasteiger partial charge in [-0.25, -0.2) is 4.79 Å². The zero-order valence-electron chi connectivity index (χ0n) is 17.1. The third-order valence-electron chi connectivity index (χ3n) is 4.52. The van der Waals surface area contributed by atoms with Crippen LogP contribution in [-0.4, -0.2) is 17.7 Å². The minimum absolute atomic E-state index is 0.217. The molecule has 0 spiro atoms. The smallest absolute Gasteiger partial charge is 0.335 e. The summed E-state index contributed by atoms with van der Waals surface area (Å²) in [4.78, 5) is 11.0. The number of carbonyl (C=O) groups is 1. The van der Waals surface area contributed by atoms with Gasteiger partial charge >= 0.3 is 5.97 Å². The molecule has 1 N–H and O–H groups in total. The van der Waals surface area contributed by atoms with Crippen LogP contribution >= 0.6 is 23.2 Å². The van der Waals surface area contributed by atoms with Crippen LogP contribution in [0.1, 0.15) is 34.0 Å². The van der Waals surface area contributed by atoms with Crippen LogP contribution in [0.3, 0.4) is 0 Å². The zero-order chi connectivity index (χ0) is 23.1. The summed E-state index contributed by atoms with van der Waals surface area (Å²) in [6.45, 7) is 2.55. The molecule has 0 fully saturated rings. The van der Waals surface area contributed by atoms with Crippen molar-refractivity contribution in [1.29, 1.82) is 5.26 Å². The number of hydrogen-bond donors (Lipinski definition) is 1. The van der Waals surface area contributed by atoms with Crippen LogP contribution in [0.2, 0.25) is 10.0 Å². The minimum Gasteiger partial charge on any atom is -0.490 e. The van der Waals surface area contributed by atoms with Crippen LogP contribution in [-0.2, 0) is 6.61 Å². The molecule has 3 rings (SSSR count). The van der Waals surface area contributed by atoms with Gasteiger partial charge < -0.3 is 14.6 Å². The summed E-state index contributed by atoms with van der Waals surface area (Å²) in [7, 11) is 0. The van der Waals surface area contributed by atoms with Crippen molar-refractivity contribution in [2.75, 3.05) is 6.61 Å². The first-order valence-corrected chi connectivity index (χ1v) is 10.5. The third-order valence-corrected chi connectivity index (χ3v) is 5.06. The molecule has 5 nitrogen and oxygen atoms in total. The first kappa shape index (κ1) is 23.2. The predicted molar refractivity (Wildman–Crippen MR) is 125 cm³/mol. The Bertz CT molecular complexity index is 1200. The fourth-order valence-corrected chi connectivity index (χ4v) is 3.46. The molecular weight excluding hydrogens is 449 g/mol. The van der Waals surface area contributed by atoms with Gasteiger partial charge in [-0.3, -0.25) is 0 Å². The van der Waals surface area contributed by atoms with E-state index >= 15 is 0 Å². The highest BCUT2D eigenvalue weighted by Crippen LogP contribution is 2.32. The van der Waals surface area contributed by atoms with E-state index in [1.54, 1.807) is 48.5 Å². The molecule has 0 saturated heterocycles. The summed E-state index contributed by atoms with van der Waals surface area (Å²) in [5.74, 6) is 0.0913. The Balaban J connectivity index is 1.84. The van der Waals surface area contributed by atoms with Crippen molar-refractivity contribution in [1.82, 2.24) is 0 Å². The van der Waals surface area contributed by atoms with Crippen molar-refractivity contribution in [3.63, 3.8) is 0 Å². The van der Waals surface area contributed by atoms with Gasteiger partial charge in [-0.05, 0) is 60.5 Å². The molecule has 32 heavy (non-hydrogen) atoms. The maximum Gasteiger partial charge on any atom is 0.335 e.